The lowest BCUT2D eigenvalue weighted by Crippen LogP contribution is -2.14. The van der Waals surface area contributed by atoms with Gasteiger partial charge in [0, 0.05) is 15.2 Å². The molecular weight excluding hydrogens is 335 g/mol. The monoisotopic (exact) mass is 342 g/mol. The molecule has 98 valence electrons. The molecule has 0 bridgehead atoms. The van der Waals surface area contributed by atoms with E-state index in [1.165, 1.54) is 18.2 Å². The van der Waals surface area contributed by atoms with Crippen molar-refractivity contribution < 1.29 is 9.18 Å². The second kappa shape index (κ2) is 5.59. The van der Waals surface area contributed by atoms with E-state index in [4.69, 9.17) is 17.3 Å². The fourth-order valence-corrected chi connectivity index (χ4v) is 2.07. The summed E-state index contributed by atoms with van der Waals surface area (Å²) in [6.07, 6.45) is 0. The van der Waals surface area contributed by atoms with Crippen molar-refractivity contribution >= 4 is 44.8 Å². The number of halogens is 3. The van der Waals surface area contributed by atoms with Crippen LogP contribution in [0, 0.1) is 5.82 Å². The topological polar surface area (TPSA) is 55.1 Å². The average Bonchev–Trinajstić information content (AvgIpc) is 2.33. The molecule has 0 aliphatic rings. The smallest absolute Gasteiger partial charge is 0.257 e. The molecule has 2 aromatic carbocycles. The lowest BCUT2D eigenvalue weighted by atomic mass is 10.1. The SMILES string of the molecule is Nc1cc(Br)ccc1C(=O)Nc1cc(Cl)ccc1F. The molecular formula is C13H9BrClFN2O. The Morgan fingerprint density at radius 3 is 2.68 bits per heavy atom. The molecule has 0 saturated heterocycles. The van der Waals surface area contributed by atoms with E-state index in [-0.39, 0.29) is 11.3 Å². The van der Waals surface area contributed by atoms with Crippen LogP contribution in [0.25, 0.3) is 0 Å². The van der Waals surface area contributed by atoms with Gasteiger partial charge >= 0.3 is 0 Å². The summed E-state index contributed by atoms with van der Waals surface area (Å²) in [5.41, 5.74) is 6.31. The fraction of sp³-hybridized carbons (Fsp3) is 0. The zero-order valence-corrected chi connectivity index (χ0v) is 11.9. The predicted molar refractivity (Wildman–Crippen MR) is 77.9 cm³/mol. The van der Waals surface area contributed by atoms with Gasteiger partial charge in [0.15, 0.2) is 0 Å². The van der Waals surface area contributed by atoms with Crippen LogP contribution in [-0.4, -0.2) is 5.91 Å². The fourth-order valence-electron chi connectivity index (χ4n) is 1.52. The molecule has 0 atom stereocenters. The zero-order valence-electron chi connectivity index (χ0n) is 9.58. The quantitative estimate of drug-likeness (QED) is 0.807. The first-order chi connectivity index (χ1) is 8.97. The van der Waals surface area contributed by atoms with E-state index < -0.39 is 11.7 Å². The Morgan fingerprint density at radius 1 is 1.26 bits per heavy atom. The summed E-state index contributed by atoms with van der Waals surface area (Å²) in [6.45, 7) is 0. The molecule has 0 spiro atoms. The van der Waals surface area contributed by atoms with Crippen molar-refractivity contribution in [3.05, 3.63) is 57.3 Å². The number of hydrogen-bond donors (Lipinski definition) is 2. The number of nitrogen functional groups attached to an aromatic ring is 1. The van der Waals surface area contributed by atoms with Gasteiger partial charge in [-0.15, -0.1) is 0 Å². The van der Waals surface area contributed by atoms with Gasteiger partial charge < -0.3 is 11.1 Å². The molecule has 2 rings (SSSR count). The van der Waals surface area contributed by atoms with Crippen LogP contribution in [0.1, 0.15) is 10.4 Å². The minimum Gasteiger partial charge on any atom is -0.398 e. The first kappa shape index (κ1) is 13.8. The van der Waals surface area contributed by atoms with Crippen molar-refractivity contribution in [1.82, 2.24) is 0 Å². The largest absolute Gasteiger partial charge is 0.398 e. The van der Waals surface area contributed by atoms with Crippen molar-refractivity contribution in [2.45, 2.75) is 0 Å². The maximum Gasteiger partial charge on any atom is 0.257 e. The van der Waals surface area contributed by atoms with Gasteiger partial charge in [-0.05, 0) is 36.4 Å². The van der Waals surface area contributed by atoms with Gasteiger partial charge in [-0.25, -0.2) is 4.39 Å². The van der Waals surface area contributed by atoms with Crippen LogP contribution < -0.4 is 11.1 Å². The Bertz CT molecular complexity index is 649. The summed E-state index contributed by atoms with van der Waals surface area (Å²) in [5.74, 6) is -1.06. The molecule has 0 unspecified atom stereocenters. The molecule has 0 radical (unpaired) electrons. The normalized spacial score (nSPS) is 10.3. The first-order valence-corrected chi connectivity index (χ1v) is 6.46. The van der Waals surface area contributed by atoms with Crippen molar-refractivity contribution in [2.75, 3.05) is 11.1 Å². The van der Waals surface area contributed by atoms with Crippen molar-refractivity contribution in [3.63, 3.8) is 0 Å². The number of hydrogen-bond acceptors (Lipinski definition) is 2. The van der Waals surface area contributed by atoms with E-state index in [9.17, 15) is 9.18 Å². The number of nitrogens with one attached hydrogen (secondary N) is 1. The summed E-state index contributed by atoms with van der Waals surface area (Å²) in [7, 11) is 0. The summed E-state index contributed by atoms with van der Waals surface area (Å²) in [4.78, 5) is 12.0. The molecule has 19 heavy (non-hydrogen) atoms. The van der Waals surface area contributed by atoms with Gasteiger partial charge in [0.05, 0.1) is 11.3 Å². The van der Waals surface area contributed by atoms with Gasteiger partial charge in [0.2, 0.25) is 0 Å². The highest BCUT2D eigenvalue weighted by Crippen LogP contribution is 2.23. The van der Waals surface area contributed by atoms with Crippen LogP contribution in [0.5, 0.6) is 0 Å². The minimum absolute atomic E-state index is 0.0137. The molecule has 0 aliphatic carbocycles. The number of nitrogens with two attached hydrogens (primary N) is 1. The van der Waals surface area contributed by atoms with E-state index in [0.29, 0.717) is 10.7 Å². The summed E-state index contributed by atoms with van der Waals surface area (Å²) < 4.78 is 14.3. The van der Waals surface area contributed by atoms with E-state index in [2.05, 4.69) is 21.2 Å². The lowest BCUT2D eigenvalue weighted by molar-refractivity contribution is 0.102. The van der Waals surface area contributed by atoms with Gasteiger partial charge in [-0.2, -0.15) is 0 Å². The second-order valence-corrected chi connectivity index (χ2v) is 5.16. The number of amides is 1. The third-order valence-electron chi connectivity index (χ3n) is 2.43. The first-order valence-electron chi connectivity index (χ1n) is 5.29. The average molecular weight is 344 g/mol. The van der Waals surface area contributed by atoms with Crippen molar-refractivity contribution in [1.29, 1.82) is 0 Å². The maximum atomic E-state index is 13.5. The van der Waals surface area contributed by atoms with Crippen LogP contribution in [0.2, 0.25) is 5.02 Å². The molecule has 0 fully saturated rings. The molecule has 6 heteroatoms. The van der Waals surface area contributed by atoms with Gasteiger partial charge in [0.1, 0.15) is 5.82 Å². The minimum atomic E-state index is -0.562. The molecule has 0 aliphatic heterocycles. The molecule has 3 nitrogen and oxygen atoms in total. The number of anilines is 2. The van der Waals surface area contributed by atoms with Crippen LogP contribution >= 0.6 is 27.5 Å². The molecule has 2 aromatic rings. The van der Waals surface area contributed by atoms with E-state index in [1.807, 2.05) is 0 Å². The van der Waals surface area contributed by atoms with Crippen LogP contribution in [-0.2, 0) is 0 Å². The molecule has 0 aromatic heterocycles. The van der Waals surface area contributed by atoms with Crippen LogP contribution in [0.3, 0.4) is 0 Å². The molecule has 0 heterocycles. The Kier molecular flexibility index (Phi) is 4.07. The maximum absolute atomic E-state index is 13.5. The predicted octanol–water partition coefficient (Wildman–Crippen LogP) is 4.08. The standard InChI is InChI=1S/C13H9BrClFN2O/c14-7-1-3-9(11(17)5-7)13(19)18-12-6-8(15)2-4-10(12)16/h1-6H,17H2,(H,18,19). The van der Waals surface area contributed by atoms with E-state index >= 15 is 0 Å². The van der Waals surface area contributed by atoms with Crippen molar-refractivity contribution in [2.24, 2.45) is 0 Å². The number of benzene rings is 2. The third-order valence-corrected chi connectivity index (χ3v) is 3.16. The van der Waals surface area contributed by atoms with Gasteiger partial charge in [-0.1, -0.05) is 27.5 Å². The van der Waals surface area contributed by atoms with E-state index in [1.54, 1.807) is 18.2 Å². The summed E-state index contributed by atoms with van der Waals surface area (Å²) >= 11 is 8.99. The van der Waals surface area contributed by atoms with E-state index in [0.717, 1.165) is 4.47 Å². The Hall–Kier alpha value is -1.59. The Balaban J connectivity index is 2.28. The van der Waals surface area contributed by atoms with Crippen molar-refractivity contribution in [3.8, 4) is 0 Å². The van der Waals surface area contributed by atoms with Gasteiger partial charge in [-0.3, -0.25) is 4.79 Å². The number of carbonyl (C=O) groups is 1. The molecule has 3 N–H and O–H groups in total. The highest BCUT2D eigenvalue weighted by molar-refractivity contribution is 9.10. The molecule has 1 amide bonds. The van der Waals surface area contributed by atoms with Gasteiger partial charge in [0.25, 0.3) is 5.91 Å². The van der Waals surface area contributed by atoms with Crippen LogP contribution in [0.4, 0.5) is 15.8 Å². The Morgan fingerprint density at radius 2 is 2.00 bits per heavy atom. The Labute approximate surface area is 122 Å². The number of rotatable bonds is 2. The summed E-state index contributed by atoms with van der Waals surface area (Å²) in [5, 5.41) is 2.77. The second-order valence-electron chi connectivity index (χ2n) is 3.81. The third kappa shape index (κ3) is 3.24. The molecule has 0 saturated carbocycles. The lowest BCUT2D eigenvalue weighted by Gasteiger charge is -2.09. The highest BCUT2D eigenvalue weighted by Gasteiger charge is 2.12. The summed E-state index contributed by atoms with van der Waals surface area (Å²) in [6, 6.07) is 8.76. The number of carbonyl (C=O) groups excluding carboxylic acids is 1. The zero-order chi connectivity index (χ0) is 14.0. The van der Waals surface area contributed by atoms with Crippen LogP contribution in [0.15, 0.2) is 40.9 Å². The highest BCUT2D eigenvalue weighted by atomic mass is 79.9.